The Bertz CT molecular complexity index is 510. The fourth-order valence-corrected chi connectivity index (χ4v) is 3.90. The molecule has 1 aromatic rings. The largest absolute Gasteiger partial charge is 0.294 e. The Morgan fingerprint density at radius 2 is 1.75 bits per heavy atom. The van der Waals surface area contributed by atoms with Crippen molar-refractivity contribution in [3.63, 3.8) is 0 Å². The number of Topliss-reactive ketones (excluding diaryl/α,β-unsaturated/α-hetero) is 1. The van der Waals surface area contributed by atoms with Gasteiger partial charge in [0, 0.05) is 11.0 Å². The molecule has 1 aliphatic rings. The zero-order valence-electron chi connectivity index (χ0n) is 13.1. The molecule has 0 atom stereocenters. The minimum atomic E-state index is -0.167. The van der Waals surface area contributed by atoms with Crippen LogP contribution in [0.25, 0.3) is 0 Å². The first-order chi connectivity index (χ1) is 9.35. The average molecular weight is 293 g/mol. The number of ketones is 1. The summed E-state index contributed by atoms with van der Waals surface area (Å²) in [5, 5.41) is 0.619. The van der Waals surface area contributed by atoms with E-state index in [9.17, 15) is 4.79 Å². The van der Waals surface area contributed by atoms with Crippen molar-refractivity contribution in [2.24, 2.45) is 11.3 Å². The Morgan fingerprint density at radius 1 is 1.20 bits per heavy atom. The number of hydrogen-bond acceptors (Lipinski definition) is 1. The third-order valence-electron chi connectivity index (χ3n) is 4.67. The molecule has 0 bridgehead atoms. The van der Waals surface area contributed by atoms with Crippen molar-refractivity contribution < 1.29 is 4.79 Å². The maximum absolute atomic E-state index is 13.1. The number of carbonyl (C=O) groups excluding carboxylic acids is 1. The lowest BCUT2D eigenvalue weighted by atomic mass is 9.73. The van der Waals surface area contributed by atoms with Crippen LogP contribution in [0.5, 0.6) is 0 Å². The van der Waals surface area contributed by atoms with Gasteiger partial charge < -0.3 is 0 Å². The van der Waals surface area contributed by atoms with E-state index in [0.717, 1.165) is 36.0 Å². The first kappa shape index (κ1) is 15.6. The van der Waals surface area contributed by atoms with Crippen LogP contribution in [0.1, 0.15) is 67.4 Å². The Morgan fingerprint density at radius 3 is 2.30 bits per heavy atom. The quantitative estimate of drug-likeness (QED) is 0.646. The Labute approximate surface area is 127 Å². The Hall–Kier alpha value is -0.820. The Balaban J connectivity index is 2.40. The van der Waals surface area contributed by atoms with Gasteiger partial charge in [0.05, 0.1) is 5.02 Å². The van der Waals surface area contributed by atoms with Gasteiger partial charge in [0.2, 0.25) is 0 Å². The molecular formula is C18H25ClO. The van der Waals surface area contributed by atoms with Crippen LogP contribution in [-0.4, -0.2) is 5.78 Å². The molecule has 0 aliphatic heterocycles. The fraction of sp³-hybridized carbons (Fsp3) is 0.611. The molecule has 2 heteroatoms. The first-order valence-corrected chi connectivity index (χ1v) is 8.05. The molecule has 1 aromatic carbocycles. The normalized spacial score (nSPS) is 17.7. The lowest BCUT2D eigenvalue weighted by Gasteiger charge is -2.30. The van der Waals surface area contributed by atoms with Crippen LogP contribution in [0.3, 0.4) is 0 Å². The third-order valence-corrected chi connectivity index (χ3v) is 4.98. The summed E-state index contributed by atoms with van der Waals surface area (Å²) in [7, 11) is 0. The van der Waals surface area contributed by atoms with Crippen molar-refractivity contribution in [2.45, 2.75) is 59.8 Å². The number of benzene rings is 1. The average Bonchev–Trinajstić information content (AvgIpc) is 2.81. The van der Waals surface area contributed by atoms with Crippen LogP contribution in [0.15, 0.2) is 12.1 Å². The second-order valence-electron chi connectivity index (χ2n) is 6.83. The second-order valence-corrected chi connectivity index (χ2v) is 7.24. The lowest BCUT2D eigenvalue weighted by molar-refractivity contribution is 0.0760. The highest BCUT2D eigenvalue weighted by Crippen LogP contribution is 2.46. The number of hydrogen-bond donors (Lipinski definition) is 0. The van der Waals surface area contributed by atoms with Crippen molar-refractivity contribution in [3.05, 3.63) is 33.8 Å². The van der Waals surface area contributed by atoms with Crippen molar-refractivity contribution in [1.82, 2.24) is 0 Å². The summed E-state index contributed by atoms with van der Waals surface area (Å²) in [6.45, 7) is 8.49. The molecule has 0 spiro atoms. The molecule has 0 radical (unpaired) electrons. The summed E-state index contributed by atoms with van der Waals surface area (Å²) in [6.07, 6.45) is 5.36. The van der Waals surface area contributed by atoms with Gasteiger partial charge in [-0.05, 0) is 62.3 Å². The summed E-state index contributed by atoms with van der Waals surface area (Å²) < 4.78 is 0. The smallest absolute Gasteiger partial charge is 0.170 e. The van der Waals surface area contributed by atoms with Crippen LogP contribution in [0, 0.1) is 25.2 Å². The highest BCUT2D eigenvalue weighted by molar-refractivity contribution is 6.34. The van der Waals surface area contributed by atoms with Crippen molar-refractivity contribution in [2.75, 3.05) is 0 Å². The van der Waals surface area contributed by atoms with Crippen LogP contribution >= 0.6 is 11.6 Å². The van der Waals surface area contributed by atoms with Crippen LogP contribution < -0.4 is 0 Å². The Kier molecular flexibility index (Phi) is 4.59. The van der Waals surface area contributed by atoms with Crippen molar-refractivity contribution in [1.29, 1.82) is 0 Å². The minimum absolute atomic E-state index is 0.167. The molecule has 2 rings (SSSR count). The van der Waals surface area contributed by atoms with E-state index >= 15 is 0 Å². The number of aryl methyl sites for hydroxylation is 2. The lowest BCUT2D eigenvalue weighted by Crippen LogP contribution is -2.30. The van der Waals surface area contributed by atoms with Crippen molar-refractivity contribution in [3.8, 4) is 0 Å². The standard InChI is InChI=1S/C18H25ClO/c1-12(2)11-18(7-5-6-8-18)17(20)15-9-13(3)14(4)10-16(15)19/h9-10,12H,5-8,11H2,1-4H3. The second kappa shape index (κ2) is 5.89. The first-order valence-electron chi connectivity index (χ1n) is 7.67. The van der Waals surface area contributed by atoms with Crippen LogP contribution in [-0.2, 0) is 0 Å². The topological polar surface area (TPSA) is 17.1 Å². The van der Waals surface area contributed by atoms with E-state index < -0.39 is 0 Å². The van der Waals surface area contributed by atoms with E-state index in [-0.39, 0.29) is 11.2 Å². The van der Waals surface area contributed by atoms with Gasteiger partial charge in [-0.25, -0.2) is 0 Å². The van der Waals surface area contributed by atoms with Gasteiger partial charge >= 0.3 is 0 Å². The summed E-state index contributed by atoms with van der Waals surface area (Å²) in [5.74, 6) is 0.819. The predicted octanol–water partition coefficient (Wildman–Crippen LogP) is 5.75. The van der Waals surface area contributed by atoms with Crippen LogP contribution in [0.4, 0.5) is 0 Å². The molecule has 20 heavy (non-hydrogen) atoms. The molecule has 110 valence electrons. The van der Waals surface area contributed by atoms with E-state index in [2.05, 4.69) is 13.8 Å². The van der Waals surface area contributed by atoms with Gasteiger partial charge in [0.25, 0.3) is 0 Å². The third kappa shape index (κ3) is 2.93. The maximum atomic E-state index is 13.1. The number of carbonyl (C=O) groups is 1. The van der Waals surface area contributed by atoms with E-state index in [1.54, 1.807) is 0 Å². The molecule has 0 N–H and O–H groups in total. The summed E-state index contributed by atoms with van der Waals surface area (Å²) in [6, 6.07) is 3.92. The monoisotopic (exact) mass is 292 g/mol. The molecule has 0 unspecified atom stereocenters. The highest BCUT2D eigenvalue weighted by Gasteiger charge is 2.42. The van der Waals surface area contributed by atoms with Crippen LogP contribution in [0.2, 0.25) is 5.02 Å². The van der Waals surface area contributed by atoms with E-state index in [0.29, 0.717) is 10.9 Å². The highest BCUT2D eigenvalue weighted by atomic mass is 35.5. The molecule has 0 aromatic heterocycles. The van der Waals surface area contributed by atoms with E-state index in [1.165, 1.54) is 12.8 Å². The van der Waals surface area contributed by atoms with Gasteiger partial charge in [-0.1, -0.05) is 38.3 Å². The van der Waals surface area contributed by atoms with Gasteiger partial charge in [0.1, 0.15) is 0 Å². The molecule has 1 fully saturated rings. The SMILES string of the molecule is Cc1cc(Cl)c(C(=O)C2(CC(C)C)CCCC2)cc1C. The predicted molar refractivity (Wildman–Crippen MR) is 85.6 cm³/mol. The molecule has 0 saturated heterocycles. The van der Waals surface area contributed by atoms with Gasteiger partial charge in [-0.2, -0.15) is 0 Å². The summed E-state index contributed by atoms with van der Waals surface area (Å²) in [4.78, 5) is 13.1. The van der Waals surface area contributed by atoms with E-state index in [1.807, 2.05) is 26.0 Å². The molecular weight excluding hydrogens is 268 g/mol. The molecule has 1 aliphatic carbocycles. The number of rotatable bonds is 4. The molecule has 0 amide bonds. The van der Waals surface area contributed by atoms with Gasteiger partial charge in [-0.3, -0.25) is 4.79 Å². The maximum Gasteiger partial charge on any atom is 0.170 e. The molecule has 1 nitrogen and oxygen atoms in total. The zero-order chi connectivity index (χ0) is 14.9. The zero-order valence-corrected chi connectivity index (χ0v) is 13.8. The molecule has 1 saturated carbocycles. The number of halogens is 1. The van der Waals surface area contributed by atoms with Crippen molar-refractivity contribution >= 4 is 17.4 Å². The van der Waals surface area contributed by atoms with Gasteiger partial charge in [-0.15, -0.1) is 0 Å². The summed E-state index contributed by atoms with van der Waals surface area (Å²) >= 11 is 6.35. The minimum Gasteiger partial charge on any atom is -0.294 e. The molecule has 0 heterocycles. The van der Waals surface area contributed by atoms with E-state index in [4.69, 9.17) is 11.6 Å². The fourth-order valence-electron chi connectivity index (χ4n) is 3.60. The van der Waals surface area contributed by atoms with Gasteiger partial charge in [0.15, 0.2) is 5.78 Å². The summed E-state index contributed by atoms with van der Waals surface area (Å²) in [5.41, 5.74) is 2.86.